The predicted molar refractivity (Wildman–Crippen MR) is 60.2 cm³/mol. The number of nitrogens with zero attached hydrogens (tertiary/aromatic N) is 1. The number of hydrogen-bond donors (Lipinski definition) is 1. The zero-order valence-corrected chi connectivity index (χ0v) is 9.98. The van der Waals surface area contributed by atoms with Crippen LogP contribution in [0, 0.1) is 0 Å². The second kappa shape index (κ2) is 6.39. The van der Waals surface area contributed by atoms with Crippen LogP contribution in [0.3, 0.4) is 0 Å². The summed E-state index contributed by atoms with van der Waals surface area (Å²) in [4.78, 5) is 2.46. The van der Waals surface area contributed by atoms with E-state index in [2.05, 4.69) is 44.8 Å². The fourth-order valence-electron chi connectivity index (χ4n) is 1.31. The fraction of sp³-hybridized carbons (Fsp3) is 1.00. The largest absolute Gasteiger partial charge is 0.312 e. The lowest BCUT2D eigenvalue weighted by Crippen LogP contribution is -2.37. The van der Waals surface area contributed by atoms with Crippen LogP contribution in [-0.2, 0) is 0 Å². The van der Waals surface area contributed by atoms with E-state index in [-0.39, 0.29) is 5.54 Å². The first-order valence-electron chi connectivity index (χ1n) is 5.47. The molecule has 2 nitrogen and oxygen atoms in total. The lowest BCUT2D eigenvalue weighted by atomic mass is 10.1. The van der Waals surface area contributed by atoms with Crippen LogP contribution in [0.4, 0.5) is 0 Å². The van der Waals surface area contributed by atoms with Crippen LogP contribution < -0.4 is 5.32 Å². The van der Waals surface area contributed by atoms with E-state index < -0.39 is 0 Å². The minimum Gasteiger partial charge on any atom is -0.312 e. The van der Waals surface area contributed by atoms with Gasteiger partial charge >= 0.3 is 0 Å². The van der Waals surface area contributed by atoms with E-state index in [1.807, 2.05) is 0 Å². The first kappa shape index (κ1) is 12.9. The molecule has 0 aromatic carbocycles. The SMILES string of the molecule is CCN(CC)CCCNC(C)(C)C. The van der Waals surface area contributed by atoms with Gasteiger partial charge < -0.3 is 10.2 Å². The van der Waals surface area contributed by atoms with Crippen LogP contribution in [0.25, 0.3) is 0 Å². The highest BCUT2D eigenvalue weighted by molar-refractivity contribution is 4.70. The summed E-state index contributed by atoms with van der Waals surface area (Å²) < 4.78 is 0. The summed E-state index contributed by atoms with van der Waals surface area (Å²) in [5, 5.41) is 3.50. The second-order valence-corrected chi connectivity index (χ2v) is 4.56. The Hall–Kier alpha value is -0.0800. The first-order valence-corrected chi connectivity index (χ1v) is 5.47. The van der Waals surface area contributed by atoms with Crippen molar-refractivity contribution in [1.82, 2.24) is 10.2 Å². The predicted octanol–water partition coefficient (Wildman–Crippen LogP) is 2.11. The molecule has 0 saturated carbocycles. The highest BCUT2D eigenvalue weighted by Gasteiger charge is 2.07. The first-order chi connectivity index (χ1) is 5.99. The molecule has 0 unspecified atom stereocenters. The van der Waals surface area contributed by atoms with Crippen LogP contribution >= 0.6 is 0 Å². The van der Waals surface area contributed by atoms with Crippen LogP contribution in [0.15, 0.2) is 0 Å². The normalized spacial score (nSPS) is 12.5. The van der Waals surface area contributed by atoms with Gasteiger partial charge in [0.15, 0.2) is 0 Å². The van der Waals surface area contributed by atoms with Gasteiger partial charge in [-0.2, -0.15) is 0 Å². The van der Waals surface area contributed by atoms with Gasteiger partial charge in [0.25, 0.3) is 0 Å². The molecule has 0 spiro atoms. The maximum absolute atomic E-state index is 3.50. The summed E-state index contributed by atoms with van der Waals surface area (Å²) >= 11 is 0. The van der Waals surface area contributed by atoms with Gasteiger partial charge in [0.2, 0.25) is 0 Å². The zero-order valence-electron chi connectivity index (χ0n) is 9.98. The molecule has 2 heteroatoms. The Balaban J connectivity index is 3.34. The standard InChI is InChI=1S/C11H26N2/c1-6-13(7-2)10-8-9-12-11(3,4)5/h12H,6-10H2,1-5H3. The van der Waals surface area contributed by atoms with Crippen molar-refractivity contribution >= 4 is 0 Å². The van der Waals surface area contributed by atoms with Gasteiger partial charge in [0.05, 0.1) is 0 Å². The maximum atomic E-state index is 3.50. The van der Waals surface area contributed by atoms with Gasteiger partial charge in [0.1, 0.15) is 0 Å². The number of hydrogen-bond acceptors (Lipinski definition) is 2. The molecule has 0 aliphatic rings. The fourth-order valence-corrected chi connectivity index (χ4v) is 1.31. The molecule has 0 rings (SSSR count). The molecular weight excluding hydrogens is 160 g/mol. The third kappa shape index (κ3) is 8.26. The van der Waals surface area contributed by atoms with Crippen molar-refractivity contribution in [3.63, 3.8) is 0 Å². The summed E-state index contributed by atoms with van der Waals surface area (Å²) in [7, 11) is 0. The Bertz CT molecular complexity index is 112. The third-order valence-corrected chi connectivity index (χ3v) is 2.20. The lowest BCUT2D eigenvalue weighted by Gasteiger charge is -2.22. The molecule has 0 bridgehead atoms. The molecule has 0 aromatic rings. The van der Waals surface area contributed by atoms with Crippen molar-refractivity contribution in [2.75, 3.05) is 26.2 Å². The lowest BCUT2D eigenvalue weighted by molar-refractivity contribution is 0.291. The van der Waals surface area contributed by atoms with E-state index in [1.165, 1.54) is 26.1 Å². The number of nitrogens with one attached hydrogen (secondary N) is 1. The Labute approximate surface area is 83.7 Å². The summed E-state index contributed by atoms with van der Waals surface area (Å²) in [6.45, 7) is 15.8. The summed E-state index contributed by atoms with van der Waals surface area (Å²) in [6.07, 6.45) is 1.25. The highest BCUT2D eigenvalue weighted by atomic mass is 15.1. The van der Waals surface area contributed by atoms with Gasteiger partial charge in [-0.1, -0.05) is 13.8 Å². The molecular formula is C11H26N2. The van der Waals surface area contributed by atoms with Gasteiger partial charge in [-0.15, -0.1) is 0 Å². The van der Waals surface area contributed by atoms with E-state index in [0.29, 0.717) is 0 Å². The molecule has 0 fully saturated rings. The van der Waals surface area contributed by atoms with Gasteiger partial charge in [-0.3, -0.25) is 0 Å². The maximum Gasteiger partial charge on any atom is 0.00965 e. The van der Waals surface area contributed by atoms with Crippen molar-refractivity contribution < 1.29 is 0 Å². The Kier molecular flexibility index (Phi) is 6.35. The summed E-state index contributed by atoms with van der Waals surface area (Å²) in [5.41, 5.74) is 0.267. The molecule has 0 aliphatic heterocycles. The van der Waals surface area contributed by atoms with E-state index in [9.17, 15) is 0 Å². The van der Waals surface area contributed by atoms with Crippen LogP contribution in [0.1, 0.15) is 41.0 Å². The van der Waals surface area contributed by atoms with Crippen molar-refractivity contribution in [2.24, 2.45) is 0 Å². The average Bonchev–Trinajstić information content (AvgIpc) is 2.03. The Morgan fingerprint density at radius 2 is 1.62 bits per heavy atom. The molecule has 0 atom stereocenters. The van der Waals surface area contributed by atoms with E-state index in [4.69, 9.17) is 0 Å². The smallest absolute Gasteiger partial charge is 0.00965 e. The van der Waals surface area contributed by atoms with Crippen molar-refractivity contribution in [3.05, 3.63) is 0 Å². The molecule has 0 aliphatic carbocycles. The quantitative estimate of drug-likeness (QED) is 0.639. The molecule has 0 heterocycles. The Morgan fingerprint density at radius 1 is 1.08 bits per heavy atom. The number of rotatable bonds is 6. The topological polar surface area (TPSA) is 15.3 Å². The molecule has 80 valence electrons. The van der Waals surface area contributed by atoms with Gasteiger partial charge in [-0.25, -0.2) is 0 Å². The molecule has 13 heavy (non-hydrogen) atoms. The summed E-state index contributed by atoms with van der Waals surface area (Å²) in [5.74, 6) is 0. The van der Waals surface area contributed by atoms with Crippen LogP contribution in [-0.4, -0.2) is 36.6 Å². The van der Waals surface area contributed by atoms with Crippen LogP contribution in [0.2, 0.25) is 0 Å². The monoisotopic (exact) mass is 186 g/mol. The molecule has 1 N–H and O–H groups in total. The van der Waals surface area contributed by atoms with Crippen molar-refractivity contribution in [3.8, 4) is 0 Å². The van der Waals surface area contributed by atoms with E-state index in [0.717, 1.165) is 6.54 Å². The van der Waals surface area contributed by atoms with E-state index in [1.54, 1.807) is 0 Å². The van der Waals surface area contributed by atoms with Gasteiger partial charge in [0, 0.05) is 5.54 Å². The van der Waals surface area contributed by atoms with Crippen molar-refractivity contribution in [1.29, 1.82) is 0 Å². The van der Waals surface area contributed by atoms with Crippen LogP contribution in [0.5, 0.6) is 0 Å². The third-order valence-electron chi connectivity index (χ3n) is 2.20. The Morgan fingerprint density at radius 3 is 2.00 bits per heavy atom. The van der Waals surface area contributed by atoms with Crippen molar-refractivity contribution in [2.45, 2.75) is 46.6 Å². The molecule has 0 radical (unpaired) electrons. The van der Waals surface area contributed by atoms with E-state index >= 15 is 0 Å². The molecule has 0 aromatic heterocycles. The minimum absolute atomic E-state index is 0.267. The minimum atomic E-state index is 0.267. The molecule has 0 saturated heterocycles. The zero-order chi connectivity index (χ0) is 10.3. The summed E-state index contributed by atoms with van der Waals surface area (Å²) in [6, 6.07) is 0. The van der Waals surface area contributed by atoms with Gasteiger partial charge in [-0.05, 0) is 53.4 Å². The highest BCUT2D eigenvalue weighted by Crippen LogP contribution is 1.98. The average molecular weight is 186 g/mol. The molecule has 0 amide bonds. The second-order valence-electron chi connectivity index (χ2n) is 4.56.